The van der Waals surface area contributed by atoms with E-state index in [-0.39, 0.29) is 30.2 Å². The number of halogens is 2. The first-order chi connectivity index (χ1) is 13.6. The van der Waals surface area contributed by atoms with E-state index < -0.39 is 30.3 Å². The summed E-state index contributed by atoms with van der Waals surface area (Å²) in [6.45, 7) is 2.52. The van der Waals surface area contributed by atoms with E-state index in [1.807, 2.05) is 0 Å². The first-order valence-corrected chi connectivity index (χ1v) is 11.9. The second-order valence-corrected chi connectivity index (χ2v) is 10.3. The lowest BCUT2D eigenvalue weighted by Crippen LogP contribution is -2.43. The van der Waals surface area contributed by atoms with E-state index in [2.05, 4.69) is 15.0 Å². The summed E-state index contributed by atoms with van der Waals surface area (Å²) in [5.74, 6) is 0.126. The monoisotopic (exact) mass is 467 g/mol. The van der Waals surface area contributed by atoms with Crippen molar-refractivity contribution in [3.05, 3.63) is 6.33 Å². The average molecular weight is 468 g/mol. The van der Waals surface area contributed by atoms with Crippen molar-refractivity contribution >= 4 is 47.2 Å². The normalized spacial score (nSPS) is 34.6. The van der Waals surface area contributed by atoms with Gasteiger partial charge in [-0.25, -0.2) is 9.37 Å². The number of imidazole rings is 1. The summed E-state index contributed by atoms with van der Waals surface area (Å²) in [7, 11) is 0. The van der Waals surface area contributed by atoms with Crippen molar-refractivity contribution in [2.75, 3.05) is 18.9 Å². The molecular weight excluding hydrogens is 448 g/mol. The molecule has 2 aliphatic heterocycles. The number of hydrogen-bond acceptors (Lipinski definition) is 10. The van der Waals surface area contributed by atoms with Crippen LogP contribution in [0.2, 0.25) is 0 Å². The molecule has 0 aliphatic carbocycles. The van der Waals surface area contributed by atoms with Crippen molar-refractivity contribution in [1.29, 1.82) is 0 Å². The molecule has 4 heterocycles. The van der Waals surface area contributed by atoms with E-state index >= 15 is 4.39 Å². The molecule has 2 aromatic rings. The number of nitrogens with zero attached hydrogens (tertiary/aromatic N) is 4. The zero-order valence-corrected chi connectivity index (χ0v) is 18.3. The molecule has 5 atom stereocenters. The summed E-state index contributed by atoms with van der Waals surface area (Å²) in [4.78, 5) is 12.4. The highest BCUT2D eigenvalue weighted by atomic mass is 35.5. The van der Waals surface area contributed by atoms with E-state index in [4.69, 9.17) is 52.2 Å². The van der Waals surface area contributed by atoms with E-state index in [1.54, 1.807) is 20.8 Å². The lowest BCUT2D eigenvalue weighted by molar-refractivity contribution is -0.0635. The van der Waals surface area contributed by atoms with Gasteiger partial charge in [-0.15, -0.1) is 0 Å². The topological polar surface area (TPSA) is 116 Å². The van der Waals surface area contributed by atoms with Gasteiger partial charge in [0, 0.05) is 0 Å². The molecule has 0 radical (unpaired) electrons. The number of nitrogens with two attached hydrogens (primary N) is 1. The summed E-state index contributed by atoms with van der Waals surface area (Å²) in [5.41, 5.74) is 6.28. The number of anilines is 1. The summed E-state index contributed by atoms with van der Waals surface area (Å²) < 4.78 is 45.1. The molecule has 14 heteroatoms. The van der Waals surface area contributed by atoms with Gasteiger partial charge < -0.3 is 24.3 Å². The molecule has 0 aromatic carbocycles. The first-order valence-electron chi connectivity index (χ1n) is 8.92. The molecule has 4 rings (SSSR count). The van der Waals surface area contributed by atoms with E-state index in [0.717, 1.165) is 0 Å². The van der Waals surface area contributed by atoms with Crippen molar-refractivity contribution < 1.29 is 27.4 Å². The fourth-order valence-electron chi connectivity index (χ4n) is 3.20. The van der Waals surface area contributed by atoms with Crippen LogP contribution >= 0.6 is 18.3 Å². The van der Waals surface area contributed by atoms with Crippen molar-refractivity contribution in [2.45, 2.75) is 50.4 Å². The average Bonchev–Trinajstić information content (AvgIpc) is 3.13. The van der Waals surface area contributed by atoms with Gasteiger partial charge in [0.25, 0.3) is 5.13 Å². The van der Waals surface area contributed by atoms with Gasteiger partial charge in [-0.3, -0.25) is 9.09 Å². The molecule has 2 saturated heterocycles. The Kier molecular flexibility index (Phi) is 5.48. The molecule has 10 nitrogen and oxygen atoms in total. The van der Waals surface area contributed by atoms with Crippen LogP contribution in [0.1, 0.15) is 27.0 Å². The minimum absolute atomic E-state index is 0.0164. The minimum atomic E-state index is -3.16. The van der Waals surface area contributed by atoms with Gasteiger partial charge in [0.1, 0.15) is 12.2 Å². The molecule has 2 aromatic heterocycles. The van der Waals surface area contributed by atoms with Crippen LogP contribution in [-0.4, -0.2) is 56.2 Å². The van der Waals surface area contributed by atoms with Crippen LogP contribution < -0.4 is 10.5 Å². The standard InChI is InChI=1S/C15H20ClFN5O5PS/c1-4-23-12-9-11(20-14(18)21-12)22(6-19-9)13-15(16,17)10-8(25-13)5-24-28(29,27-10)26-7(2)3/h6-8,10,13H,4-5H2,1-3H3,(H2,18,20,21)/t8-,10-,13-,15+,28-/m1/s1. The predicted molar refractivity (Wildman–Crippen MR) is 106 cm³/mol. The van der Waals surface area contributed by atoms with Gasteiger partial charge >= 0.3 is 6.72 Å². The van der Waals surface area contributed by atoms with Gasteiger partial charge in [-0.1, -0.05) is 11.6 Å². The number of rotatable bonds is 5. The van der Waals surface area contributed by atoms with Crippen LogP contribution in [0.15, 0.2) is 6.33 Å². The van der Waals surface area contributed by atoms with Crippen LogP contribution in [0.5, 0.6) is 5.88 Å². The third kappa shape index (κ3) is 3.71. The number of ether oxygens (including phenoxy) is 2. The quantitative estimate of drug-likeness (QED) is 0.519. The molecule has 29 heavy (non-hydrogen) atoms. The highest BCUT2D eigenvalue weighted by molar-refractivity contribution is 8.07. The second-order valence-electron chi connectivity index (χ2n) is 6.77. The molecule has 2 aliphatic rings. The molecule has 2 fully saturated rings. The number of aromatic nitrogens is 4. The van der Waals surface area contributed by atoms with Crippen LogP contribution in [0.25, 0.3) is 11.2 Å². The Hall–Kier alpha value is -1.14. The van der Waals surface area contributed by atoms with Gasteiger partial charge in [0.2, 0.25) is 11.8 Å². The zero-order chi connectivity index (χ0) is 21.0. The van der Waals surface area contributed by atoms with Gasteiger partial charge in [-0.05, 0) is 32.6 Å². The fourth-order valence-corrected chi connectivity index (χ4v) is 6.16. The van der Waals surface area contributed by atoms with Crippen molar-refractivity contribution in [2.24, 2.45) is 0 Å². The predicted octanol–water partition coefficient (Wildman–Crippen LogP) is 2.67. The largest absolute Gasteiger partial charge is 0.476 e. The Morgan fingerprint density at radius 3 is 2.97 bits per heavy atom. The maximum atomic E-state index is 15.8. The van der Waals surface area contributed by atoms with Crippen molar-refractivity contribution in [3.8, 4) is 5.88 Å². The van der Waals surface area contributed by atoms with Crippen LogP contribution in [0.4, 0.5) is 10.3 Å². The molecule has 0 bridgehead atoms. The molecular formula is C15H20ClFN5O5PS. The molecule has 0 amide bonds. The van der Waals surface area contributed by atoms with Crippen molar-refractivity contribution in [3.63, 3.8) is 0 Å². The van der Waals surface area contributed by atoms with Gasteiger partial charge in [0.15, 0.2) is 17.4 Å². The second kappa shape index (κ2) is 7.52. The smallest absolute Gasteiger partial charge is 0.328 e. The minimum Gasteiger partial charge on any atom is -0.476 e. The lowest BCUT2D eigenvalue weighted by Gasteiger charge is -2.35. The summed E-state index contributed by atoms with van der Waals surface area (Å²) in [6, 6.07) is 0. The van der Waals surface area contributed by atoms with Crippen molar-refractivity contribution in [1.82, 2.24) is 19.5 Å². The highest BCUT2D eigenvalue weighted by Gasteiger charge is 2.62. The molecule has 0 spiro atoms. The SMILES string of the molecule is CCOc1nc(N)nc2c1ncn2[C@@H]1O[C@@H]2CO[P@@](=S)(OC(C)C)O[C@H]2[C@@]1(F)Cl. The zero-order valence-electron chi connectivity index (χ0n) is 15.8. The Labute approximate surface area is 176 Å². The summed E-state index contributed by atoms with van der Waals surface area (Å²) in [6.07, 6.45) is -2.24. The fraction of sp³-hybridized carbons (Fsp3) is 0.667. The number of nitrogen functional groups attached to an aromatic ring is 1. The maximum Gasteiger partial charge on any atom is 0.328 e. The Morgan fingerprint density at radius 2 is 2.28 bits per heavy atom. The van der Waals surface area contributed by atoms with E-state index in [1.165, 1.54) is 10.9 Å². The molecule has 0 saturated carbocycles. The Morgan fingerprint density at radius 1 is 1.52 bits per heavy atom. The van der Waals surface area contributed by atoms with Crippen LogP contribution in [0.3, 0.4) is 0 Å². The number of alkyl halides is 2. The van der Waals surface area contributed by atoms with Gasteiger partial charge in [-0.2, -0.15) is 9.97 Å². The summed E-state index contributed by atoms with van der Waals surface area (Å²) in [5, 5.41) is -2.49. The number of hydrogen-bond donors (Lipinski definition) is 1. The van der Waals surface area contributed by atoms with E-state index in [9.17, 15) is 0 Å². The van der Waals surface area contributed by atoms with Crippen LogP contribution in [0, 0.1) is 0 Å². The number of fused-ring (bicyclic) bond motifs is 2. The summed E-state index contributed by atoms with van der Waals surface area (Å²) >= 11 is 11.6. The molecule has 160 valence electrons. The Balaban J connectivity index is 1.70. The van der Waals surface area contributed by atoms with Gasteiger partial charge in [0.05, 0.1) is 25.6 Å². The highest BCUT2D eigenvalue weighted by Crippen LogP contribution is 2.61. The third-order valence-electron chi connectivity index (χ3n) is 4.27. The first kappa shape index (κ1) is 21.1. The third-order valence-corrected chi connectivity index (χ3v) is 7.13. The maximum absolute atomic E-state index is 15.8. The van der Waals surface area contributed by atoms with Crippen LogP contribution in [-0.2, 0) is 30.1 Å². The molecule has 0 unspecified atom stereocenters. The lowest BCUT2D eigenvalue weighted by atomic mass is 10.1. The molecule has 2 N–H and O–H groups in total. The van der Waals surface area contributed by atoms with E-state index in [0.29, 0.717) is 12.1 Å². The Bertz CT molecular complexity index is 978.